The molecule has 0 aromatic carbocycles. The minimum absolute atomic E-state index is 0. The summed E-state index contributed by atoms with van der Waals surface area (Å²) in [6.45, 7) is 5.70. The van der Waals surface area contributed by atoms with E-state index < -0.39 is 0 Å². The van der Waals surface area contributed by atoms with Crippen molar-refractivity contribution >= 4 is 11.6 Å². The van der Waals surface area contributed by atoms with Gasteiger partial charge in [-0.25, -0.2) is 0 Å². The van der Waals surface area contributed by atoms with Crippen LogP contribution in [0.3, 0.4) is 0 Å². The van der Waals surface area contributed by atoms with E-state index in [0.717, 1.165) is 0 Å². The van der Waals surface area contributed by atoms with E-state index in [2.05, 4.69) is 0 Å². The van der Waals surface area contributed by atoms with Crippen molar-refractivity contribution in [2.75, 3.05) is 0 Å². The molecule has 0 amide bonds. The van der Waals surface area contributed by atoms with Crippen molar-refractivity contribution in [1.82, 2.24) is 0 Å². The van der Waals surface area contributed by atoms with Crippen molar-refractivity contribution in [3.8, 4) is 0 Å². The van der Waals surface area contributed by atoms with E-state index in [1.807, 2.05) is 0 Å². The van der Waals surface area contributed by atoms with E-state index in [9.17, 15) is 9.59 Å². The summed E-state index contributed by atoms with van der Waals surface area (Å²) in [7, 11) is 0. The molecule has 0 spiro atoms. The molecule has 0 saturated heterocycles. The van der Waals surface area contributed by atoms with Gasteiger partial charge in [-0.2, -0.15) is 0 Å². The van der Waals surface area contributed by atoms with Crippen molar-refractivity contribution in [2.45, 2.75) is 27.7 Å². The minimum Gasteiger partial charge on any atom is -0.512 e. The largest absolute Gasteiger partial charge is 0.512 e. The molecular formula is C10H16O4Ru. The number of aliphatic hydroxyl groups excluding tert-OH is 2. The number of carbonyl (C=O) groups is 2. The molecule has 0 aliphatic heterocycles. The molecule has 0 aromatic rings. The molecule has 0 unspecified atom stereocenters. The molecule has 0 aliphatic rings. The van der Waals surface area contributed by atoms with Crippen LogP contribution < -0.4 is 0 Å². The zero-order valence-electron chi connectivity index (χ0n) is 9.22. The van der Waals surface area contributed by atoms with Crippen molar-refractivity contribution in [3.05, 3.63) is 23.7 Å². The van der Waals surface area contributed by atoms with E-state index in [0.29, 0.717) is 0 Å². The number of rotatable bonds is 2. The fourth-order valence-corrected chi connectivity index (χ4v) is 0.588. The molecule has 5 heteroatoms. The second kappa shape index (κ2) is 11.1. The third-order valence-electron chi connectivity index (χ3n) is 0.824. The van der Waals surface area contributed by atoms with Crippen molar-refractivity contribution in [2.24, 2.45) is 0 Å². The molecule has 15 heavy (non-hydrogen) atoms. The monoisotopic (exact) mass is 302 g/mol. The Hall–Kier alpha value is -0.957. The van der Waals surface area contributed by atoms with E-state index in [1.54, 1.807) is 0 Å². The van der Waals surface area contributed by atoms with Gasteiger partial charge in [0, 0.05) is 31.6 Å². The van der Waals surface area contributed by atoms with Crippen LogP contribution in [-0.2, 0) is 29.1 Å². The zero-order valence-corrected chi connectivity index (χ0v) is 11.0. The van der Waals surface area contributed by atoms with Crippen LogP contribution in [0.2, 0.25) is 0 Å². The normalized spacial score (nSPS) is 10.7. The third-order valence-corrected chi connectivity index (χ3v) is 0.824. The topological polar surface area (TPSA) is 74.6 Å². The van der Waals surface area contributed by atoms with Crippen LogP contribution in [-0.4, -0.2) is 21.8 Å². The molecule has 0 heterocycles. The van der Waals surface area contributed by atoms with Crippen LogP contribution in [0.1, 0.15) is 27.7 Å². The maximum atomic E-state index is 10.0. The van der Waals surface area contributed by atoms with Crippen LogP contribution in [0, 0.1) is 0 Å². The predicted molar refractivity (Wildman–Crippen MR) is 54.1 cm³/mol. The van der Waals surface area contributed by atoms with Gasteiger partial charge in [0.2, 0.25) is 0 Å². The molecule has 0 aromatic heterocycles. The average Bonchev–Trinajstić information content (AvgIpc) is 1.79. The van der Waals surface area contributed by atoms with E-state index >= 15 is 0 Å². The molecule has 0 saturated carbocycles. The summed E-state index contributed by atoms with van der Waals surface area (Å²) in [5.41, 5.74) is 0. The zero-order chi connectivity index (χ0) is 11.7. The molecule has 0 radical (unpaired) electrons. The number of allylic oxidation sites excluding steroid dienone is 4. The summed E-state index contributed by atoms with van der Waals surface area (Å²) in [6, 6.07) is 0. The fraction of sp³-hybridized carbons (Fsp3) is 0.400. The standard InChI is InChI=1S/2C5H8O2.Ru/c2*1-4(6)3-5(2)7;/h2*3,6H,1-2H3;/b2*4-3-;. The number of hydrogen-bond donors (Lipinski definition) is 2. The van der Waals surface area contributed by atoms with Crippen LogP contribution >= 0.6 is 0 Å². The first-order chi connectivity index (χ1) is 6.25. The van der Waals surface area contributed by atoms with Gasteiger partial charge in [0.1, 0.15) is 0 Å². The van der Waals surface area contributed by atoms with E-state index in [4.69, 9.17) is 10.2 Å². The van der Waals surface area contributed by atoms with Gasteiger partial charge in [-0.15, -0.1) is 0 Å². The molecule has 4 nitrogen and oxygen atoms in total. The van der Waals surface area contributed by atoms with Gasteiger partial charge in [-0.3, -0.25) is 9.59 Å². The molecule has 0 bridgehead atoms. The summed E-state index contributed by atoms with van der Waals surface area (Å²) >= 11 is 0. The quantitative estimate of drug-likeness (QED) is 0.465. The van der Waals surface area contributed by atoms with Crippen LogP contribution in [0.4, 0.5) is 0 Å². The molecule has 0 fully saturated rings. The summed E-state index contributed by atoms with van der Waals surface area (Å²) < 4.78 is 0. The fourth-order valence-electron chi connectivity index (χ4n) is 0.588. The number of ketones is 2. The second-order valence-corrected chi connectivity index (χ2v) is 2.79. The van der Waals surface area contributed by atoms with Crippen LogP contribution in [0.5, 0.6) is 0 Å². The van der Waals surface area contributed by atoms with Crippen molar-refractivity contribution in [1.29, 1.82) is 0 Å². The van der Waals surface area contributed by atoms with Gasteiger partial charge in [-0.05, 0) is 27.7 Å². The Morgan fingerprint density at radius 2 is 1.00 bits per heavy atom. The van der Waals surface area contributed by atoms with Gasteiger partial charge in [0.15, 0.2) is 11.6 Å². The van der Waals surface area contributed by atoms with Gasteiger partial charge >= 0.3 is 0 Å². The molecular weight excluding hydrogens is 285 g/mol. The Morgan fingerprint density at radius 1 is 0.800 bits per heavy atom. The van der Waals surface area contributed by atoms with E-state index in [-0.39, 0.29) is 42.6 Å². The first kappa shape index (κ1) is 19.6. The number of aliphatic hydroxyl groups is 2. The first-order valence-corrected chi connectivity index (χ1v) is 4.01. The smallest absolute Gasteiger partial charge is 0.155 e. The van der Waals surface area contributed by atoms with Crippen molar-refractivity contribution < 1.29 is 39.3 Å². The summed E-state index contributed by atoms with van der Waals surface area (Å²) in [5, 5.41) is 16.7. The Labute approximate surface area is 102 Å². The van der Waals surface area contributed by atoms with Crippen molar-refractivity contribution in [3.63, 3.8) is 0 Å². The summed E-state index contributed by atoms with van der Waals surface area (Å²) in [6.07, 6.45) is 2.33. The predicted octanol–water partition coefficient (Wildman–Crippen LogP) is 2.07. The van der Waals surface area contributed by atoms with Crippen LogP contribution in [0.25, 0.3) is 0 Å². The Bertz CT molecular complexity index is 231. The average molecular weight is 301 g/mol. The third kappa shape index (κ3) is 32.1. The van der Waals surface area contributed by atoms with Gasteiger partial charge in [0.25, 0.3) is 0 Å². The van der Waals surface area contributed by atoms with Gasteiger partial charge < -0.3 is 10.2 Å². The van der Waals surface area contributed by atoms with E-state index in [1.165, 1.54) is 39.8 Å². The maximum Gasteiger partial charge on any atom is 0.155 e. The number of hydrogen-bond acceptors (Lipinski definition) is 4. The number of carbonyl (C=O) groups excluding carboxylic acids is 2. The Morgan fingerprint density at radius 3 is 1.00 bits per heavy atom. The summed E-state index contributed by atoms with van der Waals surface area (Å²) in [5.74, 6) is -0.125. The Balaban J connectivity index is -0.000000180. The van der Waals surface area contributed by atoms with Gasteiger partial charge in [-0.1, -0.05) is 0 Å². The Kier molecular flexibility index (Phi) is 14.5. The molecule has 0 aliphatic carbocycles. The molecule has 0 rings (SSSR count). The minimum atomic E-state index is -0.125. The molecule has 0 atom stereocenters. The van der Waals surface area contributed by atoms with Gasteiger partial charge in [0.05, 0.1) is 11.5 Å². The maximum absolute atomic E-state index is 10.0. The SMILES string of the molecule is CC(=O)/C=C(/C)O.CC(=O)/C=C(/C)O.[Ru]. The van der Waals surface area contributed by atoms with Crippen LogP contribution in [0.15, 0.2) is 23.7 Å². The molecule has 88 valence electrons. The summed E-state index contributed by atoms with van der Waals surface area (Å²) in [4.78, 5) is 20.0. The first-order valence-electron chi connectivity index (χ1n) is 4.01. The second-order valence-electron chi connectivity index (χ2n) is 2.79. The molecule has 2 N–H and O–H groups in total.